The first-order valence-corrected chi connectivity index (χ1v) is 7.71. The van der Waals surface area contributed by atoms with Crippen molar-refractivity contribution in [1.29, 1.82) is 0 Å². The van der Waals surface area contributed by atoms with Gasteiger partial charge in [-0.3, -0.25) is 0 Å². The molecule has 0 aromatic carbocycles. The third-order valence-electron chi connectivity index (χ3n) is 2.01. The van der Waals surface area contributed by atoms with Gasteiger partial charge in [-0.1, -0.05) is 13.8 Å². The number of hydrogen-bond acceptors (Lipinski definition) is 2. The Bertz CT molecular complexity index is 249. The van der Waals surface area contributed by atoms with Crippen LogP contribution in [0.3, 0.4) is 0 Å². The monoisotopic (exact) mass is 275 g/mol. The van der Waals surface area contributed by atoms with Crippen LogP contribution in [0.15, 0.2) is 0 Å². The third kappa shape index (κ3) is 6.61. The fourth-order valence-corrected chi connectivity index (χ4v) is 3.47. The molecule has 0 aromatic heterocycles. The van der Waals surface area contributed by atoms with Gasteiger partial charge in [-0.2, -0.15) is 4.31 Å². The van der Waals surface area contributed by atoms with Gasteiger partial charge in [0.05, 0.1) is 5.75 Å². The Morgan fingerprint density at radius 3 is 1.93 bits per heavy atom. The molecule has 0 saturated carbocycles. The van der Waals surface area contributed by atoms with Crippen LogP contribution in [0.5, 0.6) is 0 Å². The van der Waals surface area contributed by atoms with E-state index in [4.69, 9.17) is 23.2 Å². The first kappa shape index (κ1) is 15.5. The van der Waals surface area contributed by atoms with Crippen LogP contribution in [0.4, 0.5) is 0 Å². The van der Waals surface area contributed by atoms with Crippen LogP contribution >= 0.6 is 23.2 Å². The quantitative estimate of drug-likeness (QED) is 0.637. The van der Waals surface area contributed by atoms with E-state index < -0.39 is 10.0 Å². The predicted molar refractivity (Wildman–Crippen MR) is 66.3 cm³/mol. The summed E-state index contributed by atoms with van der Waals surface area (Å²) in [5.74, 6) is 1.17. The molecule has 0 atom stereocenters. The number of nitrogens with zero attached hydrogens (tertiary/aromatic N) is 1. The first-order valence-electron chi connectivity index (χ1n) is 5.03. The van der Waals surface area contributed by atoms with Gasteiger partial charge < -0.3 is 0 Å². The van der Waals surface area contributed by atoms with Crippen molar-refractivity contribution >= 4 is 33.2 Å². The molecule has 0 saturated heterocycles. The summed E-state index contributed by atoms with van der Waals surface area (Å²) in [7, 11) is -3.18. The molecule has 0 aliphatic carbocycles. The van der Waals surface area contributed by atoms with Gasteiger partial charge in [0, 0.05) is 24.8 Å². The summed E-state index contributed by atoms with van der Waals surface area (Å²) < 4.78 is 25.0. The Morgan fingerprint density at radius 1 is 1.13 bits per heavy atom. The van der Waals surface area contributed by atoms with Crippen molar-refractivity contribution in [1.82, 2.24) is 4.31 Å². The van der Waals surface area contributed by atoms with Crippen LogP contribution in [0.1, 0.15) is 20.3 Å². The standard InChI is InChI=1S/C9H19Cl2NO2S/c1-9(2)3-8-15(13,14)12(6-4-10)7-5-11/h9H,3-8H2,1-2H3. The average molecular weight is 276 g/mol. The van der Waals surface area contributed by atoms with Gasteiger partial charge in [-0.05, 0) is 12.3 Å². The maximum absolute atomic E-state index is 11.8. The normalized spacial score (nSPS) is 12.7. The smallest absolute Gasteiger partial charge is 0.212 e. The molecular formula is C9H19Cl2NO2S. The minimum Gasteiger partial charge on any atom is -0.212 e. The predicted octanol–water partition coefficient (Wildman–Crippen LogP) is 2.14. The summed E-state index contributed by atoms with van der Waals surface area (Å²) in [4.78, 5) is 0. The highest BCUT2D eigenvalue weighted by Crippen LogP contribution is 2.08. The second-order valence-corrected chi connectivity index (χ2v) is 6.62. The number of halogens is 2. The summed E-state index contributed by atoms with van der Waals surface area (Å²) >= 11 is 11.1. The van der Waals surface area contributed by atoms with Crippen molar-refractivity contribution in [3.8, 4) is 0 Å². The summed E-state index contributed by atoms with van der Waals surface area (Å²) in [5.41, 5.74) is 0. The van der Waals surface area contributed by atoms with Crippen molar-refractivity contribution in [2.75, 3.05) is 30.6 Å². The molecule has 0 unspecified atom stereocenters. The van der Waals surface area contributed by atoms with Crippen molar-refractivity contribution in [2.45, 2.75) is 20.3 Å². The molecular weight excluding hydrogens is 257 g/mol. The van der Waals surface area contributed by atoms with Gasteiger partial charge in [0.25, 0.3) is 0 Å². The molecule has 6 heteroatoms. The Kier molecular flexibility index (Phi) is 7.96. The molecule has 15 heavy (non-hydrogen) atoms. The van der Waals surface area contributed by atoms with Gasteiger partial charge in [0.15, 0.2) is 0 Å². The molecule has 0 amide bonds. The molecule has 0 spiro atoms. The summed E-state index contributed by atoms with van der Waals surface area (Å²) in [6.07, 6.45) is 0.670. The minimum atomic E-state index is -3.18. The molecule has 0 aliphatic rings. The van der Waals surface area contributed by atoms with E-state index in [2.05, 4.69) is 0 Å². The van der Waals surface area contributed by atoms with E-state index in [0.29, 0.717) is 37.2 Å². The molecule has 0 fully saturated rings. The van der Waals surface area contributed by atoms with Crippen molar-refractivity contribution < 1.29 is 8.42 Å². The van der Waals surface area contributed by atoms with Gasteiger partial charge in [-0.25, -0.2) is 8.42 Å². The van der Waals surface area contributed by atoms with E-state index in [1.165, 1.54) is 4.31 Å². The number of sulfonamides is 1. The van der Waals surface area contributed by atoms with Gasteiger partial charge in [-0.15, -0.1) is 23.2 Å². The van der Waals surface area contributed by atoms with Crippen LogP contribution in [-0.2, 0) is 10.0 Å². The SMILES string of the molecule is CC(C)CCS(=O)(=O)N(CCCl)CCCl. The number of hydrogen-bond donors (Lipinski definition) is 0. The molecule has 3 nitrogen and oxygen atoms in total. The van der Waals surface area contributed by atoms with E-state index in [9.17, 15) is 8.42 Å². The van der Waals surface area contributed by atoms with Crippen LogP contribution in [0.25, 0.3) is 0 Å². The largest absolute Gasteiger partial charge is 0.214 e. The third-order valence-corrected chi connectivity index (χ3v) is 4.26. The van der Waals surface area contributed by atoms with E-state index in [-0.39, 0.29) is 5.75 Å². The Hall–Kier alpha value is 0.490. The topological polar surface area (TPSA) is 37.4 Å². The zero-order valence-electron chi connectivity index (χ0n) is 9.25. The lowest BCUT2D eigenvalue weighted by atomic mass is 10.2. The molecule has 0 rings (SSSR count). The van der Waals surface area contributed by atoms with Gasteiger partial charge in [0.2, 0.25) is 10.0 Å². The highest BCUT2D eigenvalue weighted by atomic mass is 35.5. The number of alkyl halides is 2. The lowest BCUT2D eigenvalue weighted by Crippen LogP contribution is -2.36. The molecule has 0 bridgehead atoms. The molecule has 92 valence electrons. The second kappa shape index (κ2) is 7.71. The zero-order valence-corrected chi connectivity index (χ0v) is 11.6. The first-order chi connectivity index (χ1) is 6.94. The second-order valence-electron chi connectivity index (χ2n) is 3.78. The van der Waals surface area contributed by atoms with Gasteiger partial charge in [0.1, 0.15) is 0 Å². The molecule has 0 aliphatic heterocycles. The van der Waals surface area contributed by atoms with E-state index in [1.807, 2.05) is 13.8 Å². The van der Waals surface area contributed by atoms with Crippen LogP contribution in [-0.4, -0.2) is 43.3 Å². The summed E-state index contributed by atoms with van der Waals surface area (Å²) in [6, 6.07) is 0. The highest BCUT2D eigenvalue weighted by molar-refractivity contribution is 7.89. The van der Waals surface area contributed by atoms with Crippen LogP contribution in [0, 0.1) is 5.92 Å². The van der Waals surface area contributed by atoms with Crippen LogP contribution < -0.4 is 0 Å². The van der Waals surface area contributed by atoms with E-state index in [0.717, 1.165) is 0 Å². The number of rotatable bonds is 8. The van der Waals surface area contributed by atoms with E-state index >= 15 is 0 Å². The van der Waals surface area contributed by atoms with E-state index in [1.54, 1.807) is 0 Å². The van der Waals surface area contributed by atoms with Crippen molar-refractivity contribution in [3.63, 3.8) is 0 Å². The van der Waals surface area contributed by atoms with Gasteiger partial charge >= 0.3 is 0 Å². The maximum atomic E-state index is 11.8. The lowest BCUT2D eigenvalue weighted by molar-refractivity contribution is 0.443. The summed E-state index contributed by atoms with van der Waals surface area (Å²) in [5, 5.41) is 0. The minimum absolute atomic E-state index is 0.179. The molecule has 0 aromatic rings. The Labute approximate surface area is 103 Å². The lowest BCUT2D eigenvalue weighted by Gasteiger charge is -2.20. The van der Waals surface area contributed by atoms with Crippen molar-refractivity contribution in [3.05, 3.63) is 0 Å². The fraction of sp³-hybridized carbons (Fsp3) is 1.00. The molecule has 0 heterocycles. The highest BCUT2D eigenvalue weighted by Gasteiger charge is 2.20. The fourth-order valence-electron chi connectivity index (χ4n) is 1.09. The summed E-state index contributed by atoms with van der Waals surface area (Å²) in [6.45, 7) is 4.69. The zero-order chi connectivity index (χ0) is 11.9. The molecule has 0 N–H and O–H groups in total. The average Bonchev–Trinajstić information content (AvgIpc) is 2.15. The Balaban J connectivity index is 4.35. The molecule has 0 radical (unpaired) electrons. The van der Waals surface area contributed by atoms with Crippen LogP contribution in [0.2, 0.25) is 0 Å². The Morgan fingerprint density at radius 2 is 1.60 bits per heavy atom. The maximum Gasteiger partial charge on any atom is 0.214 e. The van der Waals surface area contributed by atoms with Crippen molar-refractivity contribution in [2.24, 2.45) is 5.92 Å².